The van der Waals surface area contributed by atoms with Crippen LogP contribution in [0.1, 0.15) is 42.1 Å². The SMILES string of the molecule is Cc1sc2nc(CN3CCOCC3)nc(NCc3cccc(NC(=O)CC(C)C)c3)c2c1C. The van der Waals surface area contributed by atoms with E-state index in [0.717, 1.165) is 66.0 Å². The molecule has 0 aliphatic carbocycles. The van der Waals surface area contributed by atoms with Gasteiger partial charge in [0.1, 0.15) is 16.5 Å². The summed E-state index contributed by atoms with van der Waals surface area (Å²) in [4.78, 5) is 26.6. The maximum atomic E-state index is 12.1. The molecule has 1 saturated heterocycles. The van der Waals surface area contributed by atoms with Gasteiger partial charge in [0.15, 0.2) is 0 Å². The number of thiophene rings is 1. The Bertz CT molecular complexity index is 1120. The molecule has 1 aromatic carbocycles. The quantitative estimate of drug-likeness (QED) is 0.498. The zero-order chi connectivity index (χ0) is 23.4. The molecule has 0 bridgehead atoms. The van der Waals surface area contributed by atoms with Crippen LogP contribution >= 0.6 is 11.3 Å². The molecule has 8 heteroatoms. The summed E-state index contributed by atoms with van der Waals surface area (Å²) in [5.74, 6) is 2.09. The number of aryl methyl sites for hydroxylation is 2. The molecule has 2 aromatic heterocycles. The minimum absolute atomic E-state index is 0.0461. The fraction of sp³-hybridized carbons (Fsp3) is 0.480. The number of carbonyl (C=O) groups excluding carboxylic acids is 1. The maximum absolute atomic E-state index is 12.1. The van der Waals surface area contributed by atoms with Gasteiger partial charge in [0.05, 0.1) is 25.1 Å². The van der Waals surface area contributed by atoms with Crippen LogP contribution in [0.2, 0.25) is 0 Å². The summed E-state index contributed by atoms with van der Waals surface area (Å²) in [5.41, 5.74) is 3.14. The lowest BCUT2D eigenvalue weighted by Crippen LogP contribution is -2.36. The third-order valence-electron chi connectivity index (χ3n) is 5.81. The number of hydrogen-bond donors (Lipinski definition) is 2. The number of nitrogens with zero attached hydrogens (tertiary/aromatic N) is 3. The van der Waals surface area contributed by atoms with Gasteiger partial charge in [0.25, 0.3) is 0 Å². The van der Waals surface area contributed by atoms with Crippen LogP contribution in [0.4, 0.5) is 11.5 Å². The first-order chi connectivity index (χ1) is 15.9. The highest BCUT2D eigenvalue weighted by Gasteiger charge is 2.18. The number of nitrogens with one attached hydrogen (secondary N) is 2. The normalized spacial score (nSPS) is 14.7. The number of morpholine rings is 1. The molecule has 1 fully saturated rings. The van der Waals surface area contributed by atoms with Gasteiger partial charge in [-0.05, 0) is 43.0 Å². The molecule has 0 saturated carbocycles. The van der Waals surface area contributed by atoms with E-state index in [1.165, 1.54) is 10.4 Å². The van der Waals surface area contributed by atoms with E-state index in [1.54, 1.807) is 11.3 Å². The minimum Gasteiger partial charge on any atom is -0.379 e. The number of carbonyl (C=O) groups is 1. The Hall–Kier alpha value is -2.55. The van der Waals surface area contributed by atoms with E-state index in [0.29, 0.717) is 18.9 Å². The number of rotatable bonds is 8. The maximum Gasteiger partial charge on any atom is 0.224 e. The number of anilines is 2. The molecular formula is C25H33N5O2S. The molecule has 2 N–H and O–H groups in total. The third kappa shape index (κ3) is 6.07. The Balaban J connectivity index is 1.52. The second-order valence-corrected chi connectivity index (χ2v) is 10.2. The number of amides is 1. The molecule has 0 spiro atoms. The van der Waals surface area contributed by atoms with Crippen molar-refractivity contribution in [1.82, 2.24) is 14.9 Å². The highest BCUT2D eigenvalue weighted by atomic mass is 32.1. The first-order valence-electron chi connectivity index (χ1n) is 11.6. The van der Waals surface area contributed by atoms with Gasteiger partial charge in [0.2, 0.25) is 5.91 Å². The Kier molecular flexibility index (Phi) is 7.57. The zero-order valence-electron chi connectivity index (χ0n) is 19.9. The average molecular weight is 468 g/mol. The van der Waals surface area contributed by atoms with E-state index in [2.05, 4.69) is 35.4 Å². The minimum atomic E-state index is 0.0461. The Morgan fingerprint density at radius 3 is 2.76 bits per heavy atom. The molecule has 33 heavy (non-hydrogen) atoms. The van der Waals surface area contributed by atoms with Crippen molar-refractivity contribution in [3.63, 3.8) is 0 Å². The van der Waals surface area contributed by atoms with E-state index >= 15 is 0 Å². The lowest BCUT2D eigenvalue weighted by atomic mass is 10.1. The van der Waals surface area contributed by atoms with Gasteiger partial charge >= 0.3 is 0 Å². The van der Waals surface area contributed by atoms with Crippen LogP contribution in [0, 0.1) is 19.8 Å². The van der Waals surface area contributed by atoms with E-state index in [-0.39, 0.29) is 5.91 Å². The summed E-state index contributed by atoms with van der Waals surface area (Å²) in [7, 11) is 0. The fourth-order valence-electron chi connectivity index (χ4n) is 3.98. The number of fused-ring (bicyclic) bond motifs is 1. The average Bonchev–Trinajstić information content (AvgIpc) is 3.06. The zero-order valence-corrected chi connectivity index (χ0v) is 20.7. The number of benzene rings is 1. The van der Waals surface area contributed by atoms with Gasteiger partial charge in [-0.1, -0.05) is 26.0 Å². The lowest BCUT2D eigenvalue weighted by molar-refractivity contribution is -0.116. The smallest absolute Gasteiger partial charge is 0.224 e. The van der Waals surface area contributed by atoms with Crippen molar-refractivity contribution in [1.29, 1.82) is 0 Å². The predicted octanol–water partition coefficient (Wildman–Crippen LogP) is 4.74. The van der Waals surface area contributed by atoms with Crippen LogP contribution in [0.3, 0.4) is 0 Å². The molecule has 3 aromatic rings. The van der Waals surface area contributed by atoms with Crippen LogP contribution in [0.5, 0.6) is 0 Å². The molecule has 0 atom stereocenters. The molecule has 1 aliphatic rings. The van der Waals surface area contributed by atoms with Gasteiger partial charge < -0.3 is 15.4 Å². The summed E-state index contributed by atoms with van der Waals surface area (Å²) < 4.78 is 5.47. The monoisotopic (exact) mass is 467 g/mol. The second kappa shape index (κ2) is 10.6. The van der Waals surface area contributed by atoms with E-state index in [1.807, 2.05) is 32.0 Å². The van der Waals surface area contributed by atoms with Crippen LogP contribution < -0.4 is 10.6 Å². The first kappa shape index (κ1) is 23.6. The Morgan fingerprint density at radius 1 is 1.21 bits per heavy atom. The van der Waals surface area contributed by atoms with Crippen LogP contribution in [-0.4, -0.2) is 47.1 Å². The van der Waals surface area contributed by atoms with Crippen LogP contribution in [-0.2, 0) is 22.6 Å². The molecule has 4 rings (SSSR count). The predicted molar refractivity (Wildman–Crippen MR) is 135 cm³/mol. The highest BCUT2D eigenvalue weighted by Crippen LogP contribution is 2.33. The van der Waals surface area contributed by atoms with Crippen molar-refractivity contribution in [2.45, 2.75) is 47.2 Å². The van der Waals surface area contributed by atoms with E-state index in [4.69, 9.17) is 14.7 Å². The molecule has 176 valence electrons. The van der Waals surface area contributed by atoms with Crippen molar-refractivity contribution in [3.8, 4) is 0 Å². The van der Waals surface area contributed by atoms with Crippen molar-refractivity contribution in [2.24, 2.45) is 5.92 Å². The van der Waals surface area contributed by atoms with Crippen molar-refractivity contribution in [3.05, 3.63) is 46.1 Å². The molecule has 3 heterocycles. The summed E-state index contributed by atoms with van der Waals surface area (Å²) in [6.07, 6.45) is 0.518. The second-order valence-electron chi connectivity index (χ2n) is 9.04. The van der Waals surface area contributed by atoms with Gasteiger partial charge in [-0.2, -0.15) is 0 Å². The van der Waals surface area contributed by atoms with Crippen molar-refractivity contribution in [2.75, 3.05) is 36.9 Å². The van der Waals surface area contributed by atoms with Crippen molar-refractivity contribution < 1.29 is 9.53 Å². The third-order valence-corrected chi connectivity index (χ3v) is 6.91. The molecule has 7 nitrogen and oxygen atoms in total. The van der Waals surface area contributed by atoms with Gasteiger partial charge in [-0.15, -0.1) is 11.3 Å². The van der Waals surface area contributed by atoms with E-state index in [9.17, 15) is 4.79 Å². The Morgan fingerprint density at radius 2 is 2.00 bits per heavy atom. The lowest BCUT2D eigenvalue weighted by Gasteiger charge is -2.25. The van der Waals surface area contributed by atoms with Crippen LogP contribution in [0.15, 0.2) is 24.3 Å². The molecular weight excluding hydrogens is 434 g/mol. The van der Waals surface area contributed by atoms with Crippen molar-refractivity contribution >= 4 is 39.0 Å². The number of ether oxygens (including phenoxy) is 1. The summed E-state index contributed by atoms with van der Waals surface area (Å²) in [6.45, 7) is 13.0. The standard InChI is InChI=1S/C25H33N5O2S/c1-16(2)12-22(31)27-20-7-5-6-19(13-20)14-26-24-23-17(3)18(4)33-25(23)29-21(28-24)15-30-8-10-32-11-9-30/h5-7,13,16H,8-12,14-15H2,1-4H3,(H,27,31)(H,26,28,29). The van der Waals surface area contributed by atoms with Gasteiger partial charge in [-0.3, -0.25) is 9.69 Å². The summed E-state index contributed by atoms with van der Waals surface area (Å²) in [5, 5.41) is 7.65. The summed E-state index contributed by atoms with van der Waals surface area (Å²) >= 11 is 1.72. The van der Waals surface area contributed by atoms with Gasteiger partial charge in [0, 0.05) is 36.6 Å². The topological polar surface area (TPSA) is 79.4 Å². The number of aromatic nitrogens is 2. The largest absolute Gasteiger partial charge is 0.379 e. The van der Waals surface area contributed by atoms with Gasteiger partial charge in [-0.25, -0.2) is 9.97 Å². The van der Waals surface area contributed by atoms with E-state index < -0.39 is 0 Å². The first-order valence-corrected chi connectivity index (χ1v) is 12.4. The molecule has 0 unspecified atom stereocenters. The summed E-state index contributed by atoms with van der Waals surface area (Å²) in [6, 6.07) is 7.98. The Labute approximate surface area is 199 Å². The molecule has 1 aliphatic heterocycles. The highest BCUT2D eigenvalue weighted by molar-refractivity contribution is 7.18. The fourth-order valence-corrected chi connectivity index (χ4v) is 5.03. The van der Waals surface area contributed by atoms with Crippen LogP contribution in [0.25, 0.3) is 10.2 Å². The molecule has 1 amide bonds. The number of hydrogen-bond acceptors (Lipinski definition) is 7. The molecule has 0 radical (unpaired) electrons.